The maximum Gasteiger partial charge on any atom is 3.00 e. The van der Waals surface area contributed by atoms with E-state index in [1.165, 1.54) is 25.7 Å². The van der Waals surface area contributed by atoms with Crippen LogP contribution in [0.1, 0.15) is 51.9 Å². The van der Waals surface area contributed by atoms with Crippen molar-refractivity contribution >= 4 is 23.3 Å². The number of carboxylic acid groups (broad SMARTS) is 1. The third-order valence-corrected chi connectivity index (χ3v) is 1.73. The fourth-order valence-electron chi connectivity index (χ4n) is 1.05. The molecule has 0 fully saturated rings. The Hall–Kier alpha value is -0.0775. The number of carbonyl (C=O) groups excluding carboxylic acids is 1. The molecule has 0 spiro atoms. The molecule has 82 valence electrons. The molecule has 14 heavy (non-hydrogen) atoms. The number of unbranched alkanes of at least 4 members (excludes halogenated alkanes) is 5. The van der Waals surface area contributed by atoms with E-state index < -0.39 is 5.97 Å². The fraction of sp³-hybridized carbons (Fsp3) is 0.889. The first kappa shape index (κ1) is 23.6. The van der Waals surface area contributed by atoms with E-state index in [-0.39, 0.29) is 34.7 Å². The molecule has 0 aromatic rings. The quantitative estimate of drug-likeness (QED) is 0.465. The van der Waals surface area contributed by atoms with Gasteiger partial charge >= 0.3 is 17.4 Å². The third kappa shape index (κ3) is 22.7. The Kier molecular flexibility index (Phi) is 31.5. The van der Waals surface area contributed by atoms with Crippen molar-refractivity contribution in [2.75, 3.05) is 0 Å². The van der Waals surface area contributed by atoms with Crippen LogP contribution in [0.25, 0.3) is 0 Å². The summed E-state index contributed by atoms with van der Waals surface area (Å²) >= 11 is 0. The first-order chi connectivity index (χ1) is 5.27. The molecule has 0 aliphatic carbocycles. The second-order valence-corrected chi connectivity index (χ2v) is 2.89. The van der Waals surface area contributed by atoms with Gasteiger partial charge in [0.2, 0.25) is 0 Å². The maximum atomic E-state index is 9.98. The van der Waals surface area contributed by atoms with Gasteiger partial charge in [0.25, 0.3) is 0 Å². The van der Waals surface area contributed by atoms with Crippen LogP contribution in [0, 0.1) is 0 Å². The second kappa shape index (κ2) is 18.7. The Morgan fingerprint density at radius 3 is 1.86 bits per heavy atom. The van der Waals surface area contributed by atoms with Crippen molar-refractivity contribution in [1.29, 1.82) is 0 Å². The number of carbonyl (C=O) groups is 1. The Morgan fingerprint density at radius 1 is 1.00 bits per heavy atom. The van der Waals surface area contributed by atoms with Gasteiger partial charge in [-0.1, -0.05) is 39.0 Å². The zero-order chi connectivity index (χ0) is 8.53. The van der Waals surface area contributed by atoms with E-state index in [0.29, 0.717) is 0 Å². The first-order valence-corrected chi connectivity index (χ1v) is 4.47. The van der Waals surface area contributed by atoms with Gasteiger partial charge in [-0.25, -0.2) is 0 Å². The molecule has 0 aliphatic heterocycles. The third-order valence-electron chi connectivity index (χ3n) is 1.73. The molecule has 0 bridgehead atoms. The van der Waals surface area contributed by atoms with E-state index in [1.54, 1.807) is 0 Å². The van der Waals surface area contributed by atoms with Crippen molar-refractivity contribution in [1.82, 2.24) is 0 Å². The Labute approximate surface area is 96.4 Å². The van der Waals surface area contributed by atoms with E-state index in [1.807, 2.05) is 0 Å². The molecule has 0 amide bonds. The van der Waals surface area contributed by atoms with Crippen molar-refractivity contribution in [3.8, 4) is 0 Å². The number of hydrogen-bond acceptors (Lipinski definition) is 4. The van der Waals surface area contributed by atoms with Gasteiger partial charge in [-0.2, -0.15) is 0 Å². The Bertz CT molecular complexity index is 109. The average molecular weight is 218 g/mol. The molecule has 4 nitrogen and oxygen atoms in total. The molecular weight excluding hydrogens is 199 g/mol. The maximum absolute atomic E-state index is 9.98. The molecule has 0 radical (unpaired) electrons. The molecule has 5 heteroatoms. The summed E-state index contributed by atoms with van der Waals surface area (Å²) in [6.07, 6.45) is 6.96. The second-order valence-electron chi connectivity index (χ2n) is 2.89. The molecule has 0 aromatic heterocycles. The Morgan fingerprint density at radius 2 is 1.43 bits per heavy atom. The van der Waals surface area contributed by atoms with Gasteiger partial charge in [0.15, 0.2) is 0 Å². The van der Waals surface area contributed by atoms with E-state index in [4.69, 9.17) is 0 Å². The Balaban J connectivity index is -0.000000167. The van der Waals surface area contributed by atoms with Crippen molar-refractivity contribution in [3.63, 3.8) is 0 Å². The van der Waals surface area contributed by atoms with Crippen molar-refractivity contribution in [2.24, 2.45) is 0 Å². The van der Waals surface area contributed by atoms with Crippen molar-refractivity contribution in [3.05, 3.63) is 0 Å². The van der Waals surface area contributed by atoms with E-state index in [0.717, 1.165) is 12.8 Å². The van der Waals surface area contributed by atoms with Crippen molar-refractivity contribution in [2.45, 2.75) is 51.9 Å². The monoisotopic (exact) mass is 218 g/mol. The first-order valence-electron chi connectivity index (χ1n) is 4.47. The number of carboxylic acids is 1. The summed E-state index contributed by atoms with van der Waals surface area (Å²) in [7, 11) is 0. The minimum Gasteiger partial charge on any atom is -0.870 e. The zero-order valence-electron chi connectivity index (χ0n) is 8.74. The molecule has 0 heterocycles. The molecular formula is C9H19AlO4. The molecule has 0 saturated carbocycles. The molecule has 2 N–H and O–H groups in total. The minimum absolute atomic E-state index is 0. The summed E-state index contributed by atoms with van der Waals surface area (Å²) in [4.78, 5) is 9.98. The smallest absolute Gasteiger partial charge is 0.870 e. The van der Waals surface area contributed by atoms with Gasteiger partial charge in [-0.05, 0) is 12.8 Å². The standard InChI is InChI=1S/C9H18O2.Al.2H2O/c1-2-3-4-5-6-7-8-9(10)11;;;/h2-8H2,1H3,(H,10,11);;2*1H2/q;+3;;/p-3. The normalized spacial score (nSPS) is 7.79. The van der Waals surface area contributed by atoms with E-state index in [9.17, 15) is 9.90 Å². The van der Waals surface area contributed by atoms with Gasteiger partial charge in [-0.3, -0.25) is 0 Å². The van der Waals surface area contributed by atoms with Gasteiger partial charge in [0.1, 0.15) is 0 Å². The van der Waals surface area contributed by atoms with Crippen LogP contribution in [-0.4, -0.2) is 34.3 Å². The van der Waals surface area contributed by atoms with Gasteiger partial charge in [0, 0.05) is 5.97 Å². The van der Waals surface area contributed by atoms with Gasteiger partial charge < -0.3 is 20.9 Å². The molecule has 0 atom stereocenters. The van der Waals surface area contributed by atoms with Crippen LogP contribution in [0.3, 0.4) is 0 Å². The van der Waals surface area contributed by atoms with Crippen LogP contribution in [0.15, 0.2) is 0 Å². The topological polar surface area (TPSA) is 100 Å². The predicted octanol–water partition coefficient (Wildman–Crippen LogP) is 0.753. The van der Waals surface area contributed by atoms with Crippen LogP contribution in [-0.2, 0) is 4.79 Å². The number of hydrogen-bond donors (Lipinski definition) is 0. The molecule has 0 aromatic carbocycles. The van der Waals surface area contributed by atoms with Crippen LogP contribution in [0.5, 0.6) is 0 Å². The summed E-state index contributed by atoms with van der Waals surface area (Å²) in [6.45, 7) is 2.17. The molecule has 0 saturated heterocycles. The van der Waals surface area contributed by atoms with Crippen LogP contribution < -0.4 is 5.11 Å². The summed E-state index contributed by atoms with van der Waals surface area (Å²) in [5.74, 6) is -0.916. The van der Waals surface area contributed by atoms with Crippen LogP contribution >= 0.6 is 0 Å². The molecule has 0 rings (SSSR count). The largest absolute Gasteiger partial charge is 3.00 e. The van der Waals surface area contributed by atoms with Gasteiger partial charge in [-0.15, -0.1) is 0 Å². The van der Waals surface area contributed by atoms with E-state index in [2.05, 4.69) is 6.92 Å². The average Bonchev–Trinajstić information content (AvgIpc) is 1.96. The number of aliphatic carboxylic acids is 1. The number of rotatable bonds is 7. The minimum atomic E-state index is -0.916. The van der Waals surface area contributed by atoms with Crippen molar-refractivity contribution < 1.29 is 20.9 Å². The van der Waals surface area contributed by atoms with Crippen LogP contribution in [0.2, 0.25) is 0 Å². The summed E-state index contributed by atoms with van der Waals surface area (Å²) in [5, 5.41) is 9.98. The predicted molar refractivity (Wildman–Crippen MR) is 52.6 cm³/mol. The SMILES string of the molecule is CCCCCCCCC(=O)[O-].[Al+3].[OH-].[OH-]. The summed E-state index contributed by atoms with van der Waals surface area (Å²) < 4.78 is 0. The zero-order valence-corrected chi connectivity index (χ0v) is 9.89. The summed E-state index contributed by atoms with van der Waals surface area (Å²) in [5.41, 5.74) is 0. The fourth-order valence-corrected chi connectivity index (χ4v) is 1.05. The van der Waals surface area contributed by atoms with Gasteiger partial charge in [0.05, 0.1) is 0 Å². The molecule has 0 aliphatic rings. The van der Waals surface area contributed by atoms with E-state index >= 15 is 0 Å². The van der Waals surface area contributed by atoms with Crippen LogP contribution in [0.4, 0.5) is 0 Å². The molecule has 0 unspecified atom stereocenters. The summed E-state index contributed by atoms with van der Waals surface area (Å²) in [6, 6.07) is 0.